The van der Waals surface area contributed by atoms with Crippen LogP contribution in [0.5, 0.6) is 0 Å². The quantitative estimate of drug-likeness (QED) is 0.317. The van der Waals surface area contributed by atoms with E-state index in [2.05, 4.69) is 0 Å². The summed E-state index contributed by atoms with van der Waals surface area (Å²) in [5, 5.41) is 18.6. The molecule has 0 aliphatic rings. The number of hydrogen-bond donors (Lipinski definition) is 2. The summed E-state index contributed by atoms with van der Waals surface area (Å²) < 4.78 is 0. The highest BCUT2D eigenvalue weighted by Gasteiger charge is 2.09. The number of aliphatic hydroxyl groups is 1. The van der Waals surface area contributed by atoms with Gasteiger partial charge in [-0.2, -0.15) is 11.8 Å². The lowest BCUT2D eigenvalue weighted by Crippen LogP contribution is -2.21. The third-order valence-electron chi connectivity index (χ3n) is 3.80. The van der Waals surface area contributed by atoms with Gasteiger partial charge in [0.2, 0.25) is 6.41 Å². The van der Waals surface area contributed by atoms with Crippen LogP contribution in [0.1, 0.15) is 43.8 Å². The first kappa shape index (κ1) is 21.3. The van der Waals surface area contributed by atoms with Crippen molar-refractivity contribution in [3.05, 3.63) is 42.0 Å². The van der Waals surface area contributed by atoms with Crippen LogP contribution in [0.4, 0.5) is 5.69 Å². The Morgan fingerprint density at radius 3 is 2.52 bits per heavy atom. The lowest BCUT2D eigenvalue weighted by Gasteiger charge is -2.18. The van der Waals surface area contributed by atoms with Crippen LogP contribution in [0.25, 0.3) is 0 Å². The predicted octanol–water partition coefficient (Wildman–Crippen LogP) is 3.64. The topological polar surface area (TPSA) is 77.8 Å². The van der Waals surface area contributed by atoms with Crippen molar-refractivity contribution in [1.82, 2.24) is 0 Å². The minimum Gasteiger partial charge on any atom is -0.481 e. The molecule has 2 N–H and O–H groups in total. The Morgan fingerprint density at radius 2 is 1.92 bits per heavy atom. The van der Waals surface area contributed by atoms with Gasteiger partial charge in [0.15, 0.2) is 0 Å². The molecule has 0 saturated carbocycles. The van der Waals surface area contributed by atoms with E-state index in [1.807, 2.05) is 42.7 Å². The van der Waals surface area contributed by atoms with Crippen LogP contribution < -0.4 is 4.90 Å². The van der Waals surface area contributed by atoms with E-state index in [0.717, 1.165) is 29.8 Å². The van der Waals surface area contributed by atoms with E-state index in [1.54, 1.807) is 16.7 Å². The molecular weight excluding hydrogens is 338 g/mol. The Morgan fingerprint density at radius 1 is 1.24 bits per heavy atom. The summed E-state index contributed by atoms with van der Waals surface area (Å²) in [6, 6.07) is 7.42. The van der Waals surface area contributed by atoms with Gasteiger partial charge in [0.05, 0.1) is 6.10 Å². The van der Waals surface area contributed by atoms with Gasteiger partial charge in [0, 0.05) is 18.7 Å². The second-order valence-electron chi connectivity index (χ2n) is 5.73. The lowest BCUT2D eigenvalue weighted by atomic mass is 10.1. The predicted molar refractivity (Wildman–Crippen MR) is 103 cm³/mol. The number of aliphatic carboxylic acids is 1. The minimum absolute atomic E-state index is 0.181. The summed E-state index contributed by atoms with van der Waals surface area (Å²) in [5.41, 5.74) is 1.66. The van der Waals surface area contributed by atoms with Crippen molar-refractivity contribution in [2.45, 2.75) is 38.2 Å². The fourth-order valence-corrected chi connectivity index (χ4v) is 2.81. The number of carboxylic acids is 1. The smallest absolute Gasteiger partial charge is 0.303 e. The zero-order valence-electron chi connectivity index (χ0n) is 14.6. The summed E-state index contributed by atoms with van der Waals surface area (Å²) in [6.45, 7) is 0.563. The summed E-state index contributed by atoms with van der Waals surface area (Å²) in [7, 11) is 0. The number of carbonyl (C=O) groups is 2. The molecule has 1 atom stereocenters. The minimum atomic E-state index is -0.775. The van der Waals surface area contributed by atoms with Crippen molar-refractivity contribution in [2.75, 3.05) is 23.5 Å². The Hall–Kier alpha value is -1.79. The number of amides is 1. The molecule has 0 heterocycles. The molecule has 6 heteroatoms. The molecule has 5 nitrogen and oxygen atoms in total. The highest BCUT2D eigenvalue weighted by molar-refractivity contribution is 7.98. The Kier molecular flexibility index (Phi) is 10.7. The van der Waals surface area contributed by atoms with Crippen molar-refractivity contribution in [1.29, 1.82) is 0 Å². The van der Waals surface area contributed by atoms with Crippen LogP contribution >= 0.6 is 11.8 Å². The SMILES string of the molecule is CSCCC(O)c1ccc(N(C=O)CC/C=C\CCCC(=O)O)cc1. The number of rotatable bonds is 13. The van der Waals surface area contributed by atoms with Gasteiger partial charge in [-0.15, -0.1) is 0 Å². The molecule has 0 spiro atoms. The van der Waals surface area contributed by atoms with Gasteiger partial charge in [-0.3, -0.25) is 9.59 Å². The van der Waals surface area contributed by atoms with E-state index < -0.39 is 12.1 Å². The van der Waals surface area contributed by atoms with Crippen LogP contribution in [0.3, 0.4) is 0 Å². The average Bonchev–Trinajstić information content (AvgIpc) is 2.62. The van der Waals surface area contributed by atoms with Gasteiger partial charge in [-0.05, 0) is 55.4 Å². The molecule has 0 aliphatic heterocycles. The summed E-state index contributed by atoms with van der Waals surface area (Å²) in [6.07, 6.45) is 9.24. The van der Waals surface area contributed by atoms with Crippen molar-refractivity contribution in [3.63, 3.8) is 0 Å². The van der Waals surface area contributed by atoms with Crippen LogP contribution in [0.15, 0.2) is 36.4 Å². The van der Waals surface area contributed by atoms with Gasteiger partial charge in [-0.1, -0.05) is 24.3 Å². The van der Waals surface area contributed by atoms with Crippen molar-refractivity contribution >= 4 is 29.8 Å². The first-order chi connectivity index (χ1) is 12.1. The number of allylic oxidation sites excluding steroid dienone is 1. The molecule has 1 aromatic carbocycles. The highest BCUT2D eigenvalue weighted by atomic mass is 32.2. The van der Waals surface area contributed by atoms with E-state index in [9.17, 15) is 14.7 Å². The normalized spacial score (nSPS) is 12.2. The van der Waals surface area contributed by atoms with E-state index in [-0.39, 0.29) is 6.42 Å². The maximum absolute atomic E-state index is 11.3. The molecule has 0 aliphatic carbocycles. The van der Waals surface area contributed by atoms with Gasteiger partial charge < -0.3 is 15.1 Å². The summed E-state index contributed by atoms with van der Waals surface area (Å²) in [4.78, 5) is 23.3. The number of nitrogens with zero attached hydrogens (tertiary/aromatic N) is 1. The zero-order chi connectivity index (χ0) is 18.5. The van der Waals surface area contributed by atoms with Crippen molar-refractivity contribution in [3.8, 4) is 0 Å². The van der Waals surface area contributed by atoms with E-state index in [0.29, 0.717) is 25.8 Å². The molecule has 1 aromatic rings. The van der Waals surface area contributed by atoms with Gasteiger partial charge in [0.1, 0.15) is 0 Å². The van der Waals surface area contributed by atoms with E-state index in [4.69, 9.17) is 5.11 Å². The zero-order valence-corrected chi connectivity index (χ0v) is 15.5. The van der Waals surface area contributed by atoms with Gasteiger partial charge >= 0.3 is 5.97 Å². The first-order valence-electron chi connectivity index (χ1n) is 8.44. The summed E-state index contributed by atoms with van der Waals surface area (Å²) in [5.74, 6) is 0.130. The lowest BCUT2D eigenvalue weighted by molar-refractivity contribution is -0.137. The molecule has 0 saturated heterocycles. The van der Waals surface area contributed by atoms with Gasteiger partial charge in [-0.25, -0.2) is 0 Å². The Labute approximate surface area is 153 Å². The van der Waals surface area contributed by atoms with Crippen LogP contribution in [0, 0.1) is 0 Å². The molecule has 0 fully saturated rings. The van der Waals surface area contributed by atoms with Crippen LogP contribution in [-0.2, 0) is 9.59 Å². The second kappa shape index (κ2) is 12.6. The van der Waals surface area contributed by atoms with Crippen molar-refractivity contribution in [2.24, 2.45) is 0 Å². The number of carboxylic acid groups (broad SMARTS) is 1. The average molecular weight is 365 g/mol. The molecular formula is C19H27NO4S. The molecule has 1 amide bonds. The Balaban J connectivity index is 2.44. The molecule has 1 unspecified atom stereocenters. The van der Waals surface area contributed by atoms with E-state index in [1.165, 1.54) is 0 Å². The molecule has 0 bridgehead atoms. The third kappa shape index (κ3) is 8.74. The number of thioether (sulfide) groups is 1. The second-order valence-corrected chi connectivity index (χ2v) is 6.72. The standard InChI is InChI=1S/C19H27NO4S/c1-25-14-12-18(22)16-8-10-17(11-9-16)20(15-21)13-6-4-2-3-5-7-19(23)24/h2,4,8-11,15,18,22H,3,5-7,12-14H2,1H3,(H,23,24)/b4-2-. The third-order valence-corrected chi connectivity index (χ3v) is 4.44. The molecule has 25 heavy (non-hydrogen) atoms. The highest BCUT2D eigenvalue weighted by Crippen LogP contribution is 2.22. The maximum Gasteiger partial charge on any atom is 0.303 e. The number of benzene rings is 1. The number of carbonyl (C=O) groups excluding carboxylic acids is 1. The molecule has 1 rings (SSSR count). The van der Waals surface area contributed by atoms with E-state index >= 15 is 0 Å². The number of unbranched alkanes of at least 4 members (excludes halogenated alkanes) is 1. The number of hydrogen-bond acceptors (Lipinski definition) is 4. The fourth-order valence-electron chi connectivity index (χ4n) is 2.35. The monoisotopic (exact) mass is 365 g/mol. The maximum atomic E-state index is 11.3. The molecule has 138 valence electrons. The van der Waals surface area contributed by atoms with Crippen molar-refractivity contribution < 1.29 is 19.8 Å². The molecule has 0 aromatic heterocycles. The summed E-state index contributed by atoms with van der Waals surface area (Å²) >= 11 is 1.70. The fraction of sp³-hybridized carbons (Fsp3) is 0.474. The van der Waals surface area contributed by atoms with Crippen LogP contribution in [0.2, 0.25) is 0 Å². The number of aliphatic hydroxyl groups excluding tert-OH is 1. The Bertz CT molecular complexity index is 545. The largest absolute Gasteiger partial charge is 0.481 e. The number of anilines is 1. The van der Waals surface area contributed by atoms with Gasteiger partial charge in [0.25, 0.3) is 0 Å². The first-order valence-corrected chi connectivity index (χ1v) is 9.83. The molecule has 0 radical (unpaired) electrons. The van der Waals surface area contributed by atoms with Crippen LogP contribution in [-0.4, -0.2) is 41.1 Å².